The Morgan fingerprint density at radius 3 is 2.67 bits per heavy atom. The molecule has 0 fully saturated rings. The number of aryl methyl sites for hydroxylation is 2. The van der Waals surface area contributed by atoms with Crippen molar-refractivity contribution in [1.29, 1.82) is 0 Å². The molecule has 5 heteroatoms. The van der Waals surface area contributed by atoms with Gasteiger partial charge >= 0.3 is 0 Å². The van der Waals surface area contributed by atoms with E-state index in [2.05, 4.69) is 20.3 Å². The smallest absolute Gasteiger partial charge is 0.147 e. The average Bonchev–Trinajstić information content (AvgIpc) is 2.63. The third-order valence-corrected chi connectivity index (χ3v) is 2.22. The molecule has 2 rings (SSSR count). The molecule has 1 N–H and O–H groups in total. The molecule has 2 aromatic rings. The molecule has 0 saturated carbocycles. The molecule has 2 aromatic heterocycles. The van der Waals surface area contributed by atoms with E-state index in [1.54, 1.807) is 18.6 Å². The molecule has 0 bridgehead atoms. The summed E-state index contributed by atoms with van der Waals surface area (Å²) in [6.45, 7) is 2.58. The molecule has 0 spiro atoms. The van der Waals surface area contributed by atoms with Crippen LogP contribution in [-0.4, -0.2) is 19.5 Å². The van der Waals surface area contributed by atoms with E-state index in [9.17, 15) is 0 Å². The van der Waals surface area contributed by atoms with E-state index >= 15 is 0 Å². The Balaban J connectivity index is 2.06. The van der Waals surface area contributed by atoms with Gasteiger partial charge in [-0.05, 0) is 6.92 Å². The number of nitrogens with one attached hydrogen (secondary N) is 1. The Morgan fingerprint density at radius 1 is 1.20 bits per heavy atom. The van der Waals surface area contributed by atoms with Crippen molar-refractivity contribution in [2.75, 3.05) is 5.32 Å². The largest absolute Gasteiger partial charge is 0.361 e. The Hall–Kier alpha value is -1.91. The Kier molecular flexibility index (Phi) is 2.62. The predicted octanol–water partition coefficient (Wildman–Crippen LogP) is 1.13. The van der Waals surface area contributed by atoms with E-state index in [-0.39, 0.29) is 0 Å². The SMILES string of the molecule is Cc1nccnc1NCc1nccn1C. The third-order valence-electron chi connectivity index (χ3n) is 2.22. The van der Waals surface area contributed by atoms with Crippen molar-refractivity contribution < 1.29 is 0 Å². The van der Waals surface area contributed by atoms with Crippen LogP contribution in [0.3, 0.4) is 0 Å². The van der Waals surface area contributed by atoms with Crippen LogP contribution in [0.1, 0.15) is 11.5 Å². The number of aromatic nitrogens is 4. The highest BCUT2D eigenvalue weighted by Crippen LogP contribution is 2.07. The highest BCUT2D eigenvalue weighted by molar-refractivity contribution is 5.38. The lowest BCUT2D eigenvalue weighted by atomic mass is 10.4. The van der Waals surface area contributed by atoms with Crippen molar-refractivity contribution in [3.63, 3.8) is 0 Å². The molecule has 0 amide bonds. The molecular formula is C10H13N5. The van der Waals surface area contributed by atoms with Crippen LogP contribution in [0.15, 0.2) is 24.8 Å². The van der Waals surface area contributed by atoms with Crippen LogP contribution in [0.25, 0.3) is 0 Å². The van der Waals surface area contributed by atoms with Gasteiger partial charge in [-0.2, -0.15) is 0 Å². The van der Waals surface area contributed by atoms with E-state index < -0.39 is 0 Å². The topological polar surface area (TPSA) is 55.6 Å². The van der Waals surface area contributed by atoms with Gasteiger partial charge in [-0.25, -0.2) is 9.97 Å². The first kappa shape index (κ1) is 9.64. The quantitative estimate of drug-likeness (QED) is 0.812. The van der Waals surface area contributed by atoms with E-state index in [0.29, 0.717) is 6.54 Å². The fourth-order valence-electron chi connectivity index (χ4n) is 1.31. The number of hydrogen-bond acceptors (Lipinski definition) is 4. The van der Waals surface area contributed by atoms with Crippen LogP contribution >= 0.6 is 0 Å². The summed E-state index contributed by atoms with van der Waals surface area (Å²) in [7, 11) is 1.97. The lowest BCUT2D eigenvalue weighted by molar-refractivity contribution is 0.809. The molecule has 0 aliphatic heterocycles. The lowest BCUT2D eigenvalue weighted by Crippen LogP contribution is -2.08. The highest BCUT2D eigenvalue weighted by atomic mass is 15.1. The summed E-state index contributed by atoms with van der Waals surface area (Å²) in [6, 6.07) is 0. The van der Waals surface area contributed by atoms with Crippen LogP contribution in [0.2, 0.25) is 0 Å². The minimum absolute atomic E-state index is 0.656. The molecule has 0 unspecified atom stereocenters. The van der Waals surface area contributed by atoms with Gasteiger partial charge < -0.3 is 9.88 Å². The molecule has 5 nitrogen and oxygen atoms in total. The van der Waals surface area contributed by atoms with Gasteiger partial charge in [0.15, 0.2) is 0 Å². The summed E-state index contributed by atoms with van der Waals surface area (Å²) in [5.41, 5.74) is 0.895. The molecule has 0 radical (unpaired) electrons. The minimum Gasteiger partial charge on any atom is -0.361 e. The van der Waals surface area contributed by atoms with Crippen LogP contribution in [0.5, 0.6) is 0 Å². The Morgan fingerprint density at radius 2 is 2.00 bits per heavy atom. The minimum atomic E-state index is 0.656. The zero-order valence-corrected chi connectivity index (χ0v) is 8.81. The van der Waals surface area contributed by atoms with E-state index in [1.165, 1.54) is 0 Å². The van der Waals surface area contributed by atoms with Crippen molar-refractivity contribution in [2.24, 2.45) is 7.05 Å². The molecule has 0 aromatic carbocycles. The maximum atomic E-state index is 4.21. The summed E-state index contributed by atoms with van der Waals surface area (Å²) in [5, 5.41) is 3.20. The lowest BCUT2D eigenvalue weighted by Gasteiger charge is -2.06. The first-order valence-corrected chi connectivity index (χ1v) is 4.75. The summed E-state index contributed by atoms with van der Waals surface area (Å²) >= 11 is 0. The van der Waals surface area contributed by atoms with Gasteiger partial charge in [0.05, 0.1) is 12.2 Å². The van der Waals surface area contributed by atoms with Gasteiger partial charge in [0.25, 0.3) is 0 Å². The van der Waals surface area contributed by atoms with Crippen molar-refractivity contribution in [3.8, 4) is 0 Å². The van der Waals surface area contributed by atoms with Crippen molar-refractivity contribution in [1.82, 2.24) is 19.5 Å². The van der Waals surface area contributed by atoms with Gasteiger partial charge in [-0.3, -0.25) is 4.98 Å². The maximum absolute atomic E-state index is 4.21. The number of imidazole rings is 1. The first-order chi connectivity index (χ1) is 7.27. The normalized spacial score (nSPS) is 10.3. The summed E-state index contributed by atoms with van der Waals surface area (Å²) in [4.78, 5) is 12.6. The van der Waals surface area contributed by atoms with E-state index in [4.69, 9.17) is 0 Å². The first-order valence-electron chi connectivity index (χ1n) is 4.75. The van der Waals surface area contributed by atoms with E-state index in [1.807, 2.05) is 24.7 Å². The summed E-state index contributed by atoms with van der Waals surface area (Å²) in [6.07, 6.45) is 7.05. The average molecular weight is 203 g/mol. The molecule has 0 saturated heterocycles. The molecule has 0 atom stereocenters. The van der Waals surface area contributed by atoms with Crippen molar-refractivity contribution in [3.05, 3.63) is 36.3 Å². The fourth-order valence-corrected chi connectivity index (χ4v) is 1.31. The van der Waals surface area contributed by atoms with E-state index in [0.717, 1.165) is 17.3 Å². The molecule has 15 heavy (non-hydrogen) atoms. The zero-order valence-electron chi connectivity index (χ0n) is 8.81. The van der Waals surface area contributed by atoms with Crippen LogP contribution in [-0.2, 0) is 13.6 Å². The monoisotopic (exact) mass is 203 g/mol. The second-order valence-electron chi connectivity index (χ2n) is 3.30. The second kappa shape index (κ2) is 4.08. The number of nitrogens with zero attached hydrogens (tertiary/aromatic N) is 4. The second-order valence-corrected chi connectivity index (χ2v) is 3.30. The number of anilines is 1. The van der Waals surface area contributed by atoms with Gasteiger partial charge in [0.2, 0.25) is 0 Å². The zero-order chi connectivity index (χ0) is 10.7. The predicted molar refractivity (Wildman–Crippen MR) is 57.3 cm³/mol. The van der Waals surface area contributed by atoms with Crippen molar-refractivity contribution >= 4 is 5.82 Å². The van der Waals surface area contributed by atoms with Crippen LogP contribution in [0.4, 0.5) is 5.82 Å². The molecule has 78 valence electrons. The Bertz CT molecular complexity index is 449. The molecular weight excluding hydrogens is 190 g/mol. The molecule has 0 aliphatic carbocycles. The highest BCUT2D eigenvalue weighted by Gasteiger charge is 2.01. The van der Waals surface area contributed by atoms with Gasteiger partial charge in [-0.15, -0.1) is 0 Å². The fraction of sp³-hybridized carbons (Fsp3) is 0.300. The van der Waals surface area contributed by atoms with Crippen molar-refractivity contribution in [2.45, 2.75) is 13.5 Å². The number of hydrogen-bond donors (Lipinski definition) is 1. The third kappa shape index (κ3) is 2.12. The molecule has 2 heterocycles. The van der Waals surface area contributed by atoms with Gasteiger partial charge in [0, 0.05) is 31.8 Å². The Labute approximate surface area is 88.2 Å². The summed E-state index contributed by atoms with van der Waals surface area (Å²) in [5.74, 6) is 1.78. The van der Waals surface area contributed by atoms with Gasteiger partial charge in [-0.1, -0.05) is 0 Å². The number of rotatable bonds is 3. The van der Waals surface area contributed by atoms with Crippen LogP contribution in [0, 0.1) is 6.92 Å². The standard InChI is InChI=1S/C10H13N5/c1-8-10(13-4-3-11-8)14-7-9-12-5-6-15(9)2/h3-6H,7H2,1-2H3,(H,13,14). The van der Waals surface area contributed by atoms with Crippen LogP contribution < -0.4 is 5.32 Å². The maximum Gasteiger partial charge on any atom is 0.147 e. The summed E-state index contributed by atoms with van der Waals surface area (Å²) < 4.78 is 1.97. The van der Waals surface area contributed by atoms with Gasteiger partial charge in [0.1, 0.15) is 11.6 Å². The molecule has 0 aliphatic rings.